The second-order valence-corrected chi connectivity index (χ2v) is 20.7. The molecule has 4 aromatic rings. The van der Waals surface area contributed by atoms with Crippen molar-refractivity contribution < 1.29 is 7.48 Å². The van der Waals surface area contributed by atoms with Crippen LogP contribution in [0.3, 0.4) is 0 Å². The maximum atomic E-state index is 11.0. The van der Waals surface area contributed by atoms with Crippen LogP contribution in [0.1, 0.15) is 0 Å². The van der Waals surface area contributed by atoms with Crippen LogP contribution < -0.4 is 9.37 Å². The molecule has 0 aromatic heterocycles. The van der Waals surface area contributed by atoms with Gasteiger partial charge < -0.3 is 0 Å². The molecule has 0 aliphatic rings. The van der Waals surface area contributed by atoms with Gasteiger partial charge in [0.2, 0.25) is 0 Å². The fraction of sp³-hybridized carbons (Fsp3) is 0.0385. The second-order valence-electron chi connectivity index (χ2n) is 6.88. The Morgan fingerprint density at radius 3 is 1.37 bits per heavy atom. The van der Waals surface area contributed by atoms with Crippen LogP contribution in [0.5, 0.6) is 0 Å². The molecule has 2 nitrogen and oxygen atoms in total. The average Bonchev–Trinajstić information content (AvgIpc) is 2.83. The molecule has 0 aliphatic heterocycles. The van der Waals surface area contributed by atoms with Crippen molar-refractivity contribution in [3.8, 4) is 0 Å². The molecule has 0 aliphatic carbocycles. The predicted molar refractivity (Wildman–Crippen MR) is 129 cm³/mol. The van der Waals surface area contributed by atoms with Crippen LogP contribution in [0, 0.1) is 0 Å². The fourth-order valence-electron chi connectivity index (χ4n) is 3.56. The second kappa shape index (κ2) is 10.1. The molecule has 0 amide bonds. The van der Waals surface area contributed by atoms with E-state index in [4.69, 9.17) is 2.69 Å². The number of thioether (sulfide) groups is 1. The van der Waals surface area contributed by atoms with E-state index in [1.807, 2.05) is 48.5 Å². The van der Waals surface area contributed by atoms with E-state index in [-0.39, 0.29) is 5.97 Å². The standard InChI is InChI=1S/C8H8O2S.3C6H5.Pb/c9-8(10)6-11-7-4-2-1-3-5-7;3*1-2-4-6-5-3-1;/h1-5H,6H2,(H,9,10);3*1-5H;/q;;;;+1. The molecule has 0 saturated heterocycles. The van der Waals surface area contributed by atoms with Crippen LogP contribution in [0.15, 0.2) is 126 Å². The molecule has 0 saturated carbocycles. The first kappa shape index (κ1) is 20.9. The van der Waals surface area contributed by atoms with E-state index in [1.165, 1.54) is 9.37 Å². The van der Waals surface area contributed by atoms with E-state index < -0.39 is 21.6 Å². The van der Waals surface area contributed by atoms with Crippen LogP contribution in [0.4, 0.5) is 0 Å². The van der Waals surface area contributed by atoms with E-state index in [9.17, 15) is 4.79 Å². The molecule has 4 rings (SSSR count). The number of benzene rings is 4. The Balaban J connectivity index is 1.76. The molecule has 0 radical (unpaired) electrons. The summed E-state index contributed by atoms with van der Waals surface area (Å²) < 4.78 is 10.2. The third-order valence-corrected chi connectivity index (χ3v) is 21.4. The zero-order valence-corrected chi connectivity index (χ0v) is 21.2. The van der Waals surface area contributed by atoms with Gasteiger partial charge in [0.15, 0.2) is 0 Å². The number of rotatable bonds is 7. The topological polar surface area (TPSA) is 30.6 Å². The van der Waals surface area contributed by atoms with Crippen LogP contribution >= 0.6 is 11.8 Å². The summed E-state index contributed by atoms with van der Waals surface area (Å²) in [7, 11) is 0. The predicted octanol–water partition coefficient (Wildman–Crippen LogP) is 3.96. The minimum absolute atomic E-state index is 0.0853. The Labute approximate surface area is 187 Å². The van der Waals surface area contributed by atoms with Crippen LogP contribution in [-0.4, -0.2) is 38.1 Å². The van der Waals surface area contributed by atoms with E-state index in [0.717, 1.165) is 4.90 Å². The van der Waals surface area contributed by atoms with Gasteiger partial charge in [0.05, 0.1) is 0 Å². The first-order chi connectivity index (χ1) is 14.8. The zero-order chi connectivity index (χ0) is 20.7. The Morgan fingerprint density at radius 1 is 0.600 bits per heavy atom. The van der Waals surface area contributed by atoms with Crippen molar-refractivity contribution in [3.05, 3.63) is 121 Å². The van der Waals surface area contributed by atoms with Crippen LogP contribution in [0.2, 0.25) is 0 Å². The molecule has 148 valence electrons. The van der Waals surface area contributed by atoms with Gasteiger partial charge in [0.1, 0.15) is 0 Å². The van der Waals surface area contributed by atoms with E-state index in [0.29, 0.717) is 5.75 Å². The van der Waals surface area contributed by atoms with Gasteiger partial charge in [0, 0.05) is 0 Å². The van der Waals surface area contributed by atoms with Crippen molar-refractivity contribution in [1.29, 1.82) is 0 Å². The third kappa shape index (κ3) is 4.68. The van der Waals surface area contributed by atoms with Crippen molar-refractivity contribution in [1.82, 2.24) is 0 Å². The minimum atomic E-state index is -4.11. The SMILES string of the molecule is [OH+]=C(CSc1ccccc1)[O][Pb]([c]1ccccc1)([c]1ccccc1)[c]1ccccc1. The maximum absolute atomic E-state index is 11.0. The molecule has 4 heteroatoms. The monoisotopic (exact) mass is 607 g/mol. The van der Waals surface area contributed by atoms with Crippen molar-refractivity contribution in [3.63, 3.8) is 0 Å². The number of hydrogen-bond acceptors (Lipinski definition) is 2. The number of carbonyl (C=O) groups excluding carboxylic acids is 1. The quantitative estimate of drug-likeness (QED) is 0.181. The first-order valence-corrected chi connectivity index (χ1v) is 18.3. The van der Waals surface area contributed by atoms with Crippen molar-refractivity contribution in [2.45, 2.75) is 4.90 Å². The summed E-state index contributed by atoms with van der Waals surface area (Å²) >= 11 is -2.53. The van der Waals surface area contributed by atoms with Gasteiger partial charge in [-0.15, -0.1) is 0 Å². The van der Waals surface area contributed by atoms with Crippen molar-refractivity contribution in [2.24, 2.45) is 0 Å². The van der Waals surface area contributed by atoms with E-state index in [2.05, 4.69) is 72.8 Å². The Bertz CT molecular complexity index is 974. The van der Waals surface area contributed by atoms with Crippen LogP contribution in [-0.2, 0) is 2.69 Å². The summed E-state index contributed by atoms with van der Waals surface area (Å²) in [4.78, 5) is 12.1. The van der Waals surface area contributed by atoms with Crippen LogP contribution in [0.25, 0.3) is 0 Å². The summed E-state index contributed by atoms with van der Waals surface area (Å²) in [6, 6.07) is 41.3. The Hall–Kier alpha value is -2.38. The average molecular weight is 607 g/mol. The molecule has 0 fully saturated rings. The molecule has 1 N–H and O–H groups in total. The summed E-state index contributed by atoms with van der Waals surface area (Å²) in [5, 5.41) is 0. The van der Waals surface area contributed by atoms with Crippen molar-refractivity contribution in [2.75, 3.05) is 5.75 Å². The summed E-state index contributed by atoms with van der Waals surface area (Å²) in [5.41, 5.74) is 0. The molecule has 4 aromatic carbocycles. The van der Waals surface area contributed by atoms with E-state index >= 15 is 0 Å². The first-order valence-electron chi connectivity index (χ1n) is 9.87. The summed E-state index contributed by atoms with van der Waals surface area (Å²) in [6.07, 6.45) is 0. The normalized spacial score (nSPS) is 11.1. The molecule has 30 heavy (non-hydrogen) atoms. The van der Waals surface area contributed by atoms with E-state index in [1.54, 1.807) is 11.8 Å². The third-order valence-electron chi connectivity index (χ3n) is 4.92. The Kier molecular flexibility index (Phi) is 7.02. The Morgan fingerprint density at radius 2 is 0.967 bits per heavy atom. The summed E-state index contributed by atoms with van der Waals surface area (Å²) in [5.74, 6) is 0.486. The molecule has 0 atom stereocenters. The van der Waals surface area contributed by atoms with Gasteiger partial charge >= 0.3 is 188 Å². The molecule has 0 bridgehead atoms. The molecular weight excluding hydrogens is 584 g/mol. The van der Waals surface area contributed by atoms with Gasteiger partial charge in [0.25, 0.3) is 0 Å². The molecule has 0 unspecified atom stereocenters. The molecular formula is C26H23O2PbS+. The summed E-state index contributed by atoms with van der Waals surface area (Å²) in [6.45, 7) is 0. The van der Waals surface area contributed by atoms with Gasteiger partial charge in [-0.25, -0.2) is 0 Å². The van der Waals surface area contributed by atoms with Gasteiger partial charge in [-0.3, -0.25) is 0 Å². The molecule has 0 heterocycles. The zero-order valence-electron chi connectivity index (χ0n) is 16.5. The number of hydrogen-bond donors (Lipinski definition) is 0. The van der Waals surface area contributed by atoms with Gasteiger partial charge in [-0.2, -0.15) is 0 Å². The van der Waals surface area contributed by atoms with Gasteiger partial charge in [-0.1, -0.05) is 0 Å². The molecule has 0 spiro atoms. The fourth-order valence-corrected chi connectivity index (χ4v) is 19.3. The van der Waals surface area contributed by atoms with Gasteiger partial charge in [-0.05, 0) is 0 Å². The van der Waals surface area contributed by atoms with Crippen molar-refractivity contribution >= 4 is 48.7 Å².